The minimum atomic E-state index is -4.59. The second kappa shape index (κ2) is 5.07. The van der Waals surface area contributed by atoms with Gasteiger partial charge in [0, 0.05) is 16.6 Å². The number of rotatable bonds is 1. The Balaban J connectivity index is 2.44. The number of benzene rings is 1. The lowest BCUT2D eigenvalue weighted by molar-refractivity contribution is -0.138. The summed E-state index contributed by atoms with van der Waals surface area (Å²) in [4.78, 5) is 0. The molecule has 0 spiro atoms. The number of alkyl halides is 3. The Morgan fingerprint density at radius 1 is 1.39 bits per heavy atom. The van der Waals surface area contributed by atoms with E-state index in [0.29, 0.717) is 13.2 Å². The molecule has 1 fully saturated rings. The Kier molecular flexibility index (Phi) is 3.84. The molecular formula is C11H11BrF3NO2. The van der Waals surface area contributed by atoms with Gasteiger partial charge in [0.1, 0.15) is 5.75 Å². The van der Waals surface area contributed by atoms with Crippen LogP contribution < -0.4 is 5.32 Å². The highest BCUT2D eigenvalue weighted by Crippen LogP contribution is 2.41. The van der Waals surface area contributed by atoms with Crippen molar-refractivity contribution >= 4 is 15.9 Å². The Morgan fingerprint density at radius 2 is 2.11 bits per heavy atom. The van der Waals surface area contributed by atoms with Gasteiger partial charge in [-0.15, -0.1) is 0 Å². The molecule has 1 aliphatic rings. The van der Waals surface area contributed by atoms with E-state index in [4.69, 9.17) is 4.74 Å². The topological polar surface area (TPSA) is 41.5 Å². The number of phenolic OH excluding ortho intramolecular Hbond substituents is 1. The number of nitrogens with one attached hydrogen (secondary N) is 1. The summed E-state index contributed by atoms with van der Waals surface area (Å²) in [6, 6.07) is 1.90. The number of hydrogen-bond donors (Lipinski definition) is 2. The average Bonchev–Trinajstić information content (AvgIpc) is 2.31. The van der Waals surface area contributed by atoms with Gasteiger partial charge in [-0.1, -0.05) is 15.9 Å². The standard InChI is InChI=1S/C11H11BrF3NO2/c12-6-3-7(9-5-18-2-1-16-9)10(17)8(4-6)11(13,14)15/h3-4,9,16-17H,1-2,5H2/t9-/m1/s1. The number of halogens is 4. The summed E-state index contributed by atoms with van der Waals surface area (Å²) in [6.07, 6.45) is -4.59. The van der Waals surface area contributed by atoms with Gasteiger partial charge < -0.3 is 15.2 Å². The summed E-state index contributed by atoms with van der Waals surface area (Å²) in [6.45, 7) is 1.29. The van der Waals surface area contributed by atoms with Gasteiger partial charge in [0.15, 0.2) is 0 Å². The van der Waals surface area contributed by atoms with Crippen LogP contribution >= 0.6 is 15.9 Å². The summed E-state index contributed by atoms with van der Waals surface area (Å²) < 4.78 is 43.7. The molecule has 1 saturated heterocycles. The molecule has 0 amide bonds. The molecule has 2 N–H and O–H groups in total. The van der Waals surface area contributed by atoms with E-state index in [1.807, 2.05) is 0 Å². The molecule has 1 atom stereocenters. The number of morpholine rings is 1. The van der Waals surface area contributed by atoms with Gasteiger partial charge in [0.05, 0.1) is 24.8 Å². The first-order valence-electron chi connectivity index (χ1n) is 5.30. The SMILES string of the molecule is Oc1c([C@H]2COCCN2)cc(Br)cc1C(F)(F)F. The van der Waals surface area contributed by atoms with Crippen LogP contribution in [0, 0.1) is 0 Å². The third-order valence-electron chi connectivity index (χ3n) is 2.71. The first-order chi connectivity index (χ1) is 8.39. The van der Waals surface area contributed by atoms with Crippen LogP contribution in [0.3, 0.4) is 0 Å². The first-order valence-corrected chi connectivity index (χ1v) is 6.09. The maximum atomic E-state index is 12.7. The van der Waals surface area contributed by atoms with Crippen LogP contribution in [0.2, 0.25) is 0 Å². The Labute approximate surface area is 110 Å². The molecule has 2 rings (SSSR count). The fourth-order valence-corrected chi connectivity index (χ4v) is 2.34. The number of hydrogen-bond acceptors (Lipinski definition) is 3. The number of aromatic hydroxyl groups is 1. The van der Waals surface area contributed by atoms with E-state index in [1.165, 1.54) is 6.07 Å². The van der Waals surface area contributed by atoms with Gasteiger partial charge in [-0.25, -0.2) is 0 Å². The maximum absolute atomic E-state index is 12.7. The van der Waals surface area contributed by atoms with Crippen LogP contribution in [-0.4, -0.2) is 24.9 Å². The van der Waals surface area contributed by atoms with Crippen molar-refractivity contribution in [1.82, 2.24) is 5.32 Å². The Morgan fingerprint density at radius 3 is 2.67 bits per heavy atom. The van der Waals surface area contributed by atoms with Crippen molar-refractivity contribution < 1.29 is 23.0 Å². The third-order valence-corrected chi connectivity index (χ3v) is 3.16. The molecule has 0 unspecified atom stereocenters. The average molecular weight is 326 g/mol. The summed E-state index contributed by atoms with van der Waals surface area (Å²) in [5, 5.41) is 12.8. The van der Waals surface area contributed by atoms with Crippen molar-refractivity contribution in [3.63, 3.8) is 0 Å². The van der Waals surface area contributed by atoms with Crippen LogP contribution in [0.1, 0.15) is 17.2 Å². The molecule has 1 aromatic rings. The van der Waals surface area contributed by atoms with Crippen LogP contribution in [-0.2, 0) is 10.9 Å². The molecule has 0 aliphatic carbocycles. The summed E-state index contributed by atoms with van der Waals surface area (Å²) in [5.41, 5.74) is -0.851. The van der Waals surface area contributed by atoms with E-state index in [9.17, 15) is 18.3 Å². The van der Waals surface area contributed by atoms with Crippen LogP contribution in [0.25, 0.3) is 0 Å². The first kappa shape index (κ1) is 13.6. The molecule has 0 saturated carbocycles. The molecular weight excluding hydrogens is 315 g/mol. The highest BCUT2D eigenvalue weighted by molar-refractivity contribution is 9.10. The van der Waals surface area contributed by atoms with Crippen molar-refractivity contribution in [2.75, 3.05) is 19.8 Å². The zero-order valence-corrected chi connectivity index (χ0v) is 10.8. The van der Waals surface area contributed by atoms with E-state index in [2.05, 4.69) is 21.2 Å². The predicted octanol–water partition coefficient (Wildman–Crippen LogP) is 2.83. The van der Waals surface area contributed by atoms with Gasteiger partial charge in [-0.3, -0.25) is 0 Å². The number of ether oxygens (including phenoxy) is 1. The molecule has 18 heavy (non-hydrogen) atoms. The monoisotopic (exact) mass is 325 g/mol. The minimum Gasteiger partial charge on any atom is -0.507 e. The Bertz CT molecular complexity index is 445. The van der Waals surface area contributed by atoms with E-state index in [-0.39, 0.29) is 16.6 Å². The fraction of sp³-hybridized carbons (Fsp3) is 0.455. The largest absolute Gasteiger partial charge is 0.507 e. The fourth-order valence-electron chi connectivity index (χ4n) is 1.87. The molecule has 0 radical (unpaired) electrons. The minimum absolute atomic E-state index is 0.191. The lowest BCUT2D eigenvalue weighted by atomic mass is 10.0. The highest BCUT2D eigenvalue weighted by Gasteiger charge is 2.36. The van der Waals surface area contributed by atoms with Gasteiger partial charge in [-0.2, -0.15) is 13.2 Å². The van der Waals surface area contributed by atoms with Crippen LogP contribution in [0.4, 0.5) is 13.2 Å². The van der Waals surface area contributed by atoms with Crippen LogP contribution in [0.15, 0.2) is 16.6 Å². The van der Waals surface area contributed by atoms with Crippen molar-refractivity contribution in [2.24, 2.45) is 0 Å². The van der Waals surface area contributed by atoms with Crippen molar-refractivity contribution in [3.05, 3.63) is 27.7 Å². The maximum Gasteiger partial charge on any atom is 0.420 e. The van der Waals surface area contributed by atoms with Gasteiger partial charge in [-0.05, 0) is 12.1 Å². The van der Waals surface area contributed by atoms with E-state index < -0.39 is 23.5 Å². The molecule has 1 aromatic carbocycles. The second-order valence-corrected chi connectivity index (χ2v) is 4.89. The van der Waals surface area contributed by atoms with Gasteiger partial charge >= 0.3 is 6.18 Å². The lowest BCUT2D eigenvalue weighted by Gasteiger charge is -2.26. The van der Waals surface area contributed by atoms with E-state index in [1.54, 1.807) is 0 Å². The lowest BCUT2D eigenvalue weighted by Crippen LogP contribution is -2.34. The molecule has 1 aliphatic heterocycles. The van der Waals surface area contributed by atoms with E-state index in [0.717, 1.165) is 6.07 Å². The smallest absolute Gasteiger partial charge is 0.420 e. The molecule has 0 aromatic heterocycles. The Hall–Kier alpha value is -0.790. The quantitative estimate of drug-likeness (QED) is 0.834. The summed E-state index contributed by atoms with van der Waals surface area (Å²) in [7, 11) is 0. The number of phenols is 1. The highest BCUT2D eigenvalue weighted by atomic mass is 79.9. The molecule has 3 nitrogen and oxygen atoms in total. The summed E-state index contributed by atoms with van der Waals surface area (Å²) >= 11 is 3.03. The molecule has 0 bridgehead atoms. The van der Waals surface area contributed by atoms with Crippen LogP contribution in [0.5, 0.6) is 5.75 Å². The van der Waals surface area contributed by atoms with E-state index >= 15 is 0 Å². The zero-order valence-electron chi connectivity index (χ0n) is 9.22. The predicted molar refractivity (Wildman–Crippen MR) is 62.4 cm³/mol. The molecule has 100 valence electrons. The third kappa shape index (κ3) is 2.78. The molecule has 1 heterocycles. The van der Waals surface area contributed by atoms with Crippen molar-refractivity contribution in [3.8, 4) is 5.75 Å². The van der Waals surface area contributed by atoms with Crippen molar-refractivity contribution in [2.45, 2.75) is 12.2 Å². The summed E-state index contributed by atoms with van der Waals surface area (Å²) in [5.74, 6) is -0.742. The zero-order chi connectivity index (χ0) is 13.3. The second-order valence-electron chi connectivity index (χ2n) is 3.97. The van der Waals surface area contributed by atoms with Gasteiger partial charge in [0.2, 0.25) is 0 Å². The normalized spacial score (nSPS) is 21.0. The molecule has 7 heteroatoms. The van der Waals surface area contributed by atoms with Crippen molar-refractivity contribution in [1.29, 1.82) is 0 Å². The van der Waals surface area contributed by atoms with Gasteiger partial charge in [0.25, 0.3) is 0 Å².